The summed E-state index contributed by atoms with van der Waals surface area (Å²) in [4.78, 5) is 19.7. The molecule has 6 rings (SSSR count). The molecule has 0 radical (unpaired) electrons. The van der Waals surface area contributed by atoms with Crippen molar-refractivity contribution in [1.82, 2.24) is 24.5 Å². The number of aliphatic hydroxyl groups is 2. The van der Waals surface area contributed by atoms with Crippen LogP contribution in [0.3, 0.4) is 0 Å². The number of benzene rings is 2. The molecule has 0 saturated carbocycles. The zero-order chi connectivity index (χ0) is 32.6. The average Bonchev–Trinajstić information content (AvgIpc) is 3.64. The maximum atomic E-state index is 10.4. The third kappa shape index (κ3) is 8.23. The Bertz CT molecular complexity index is 1770. The van der Waals surface area contributed by atoms with Gasteiger partial charge in [0.2, 0.25) is 0 Å². The van der Waals surface area contributed by atoms with Gasteiger partial charge in [-0.05, 0) is 42.9 Å². The number of fused-ring (bicyclic) bond motifs is 3. The molecular formula is C34H45ClN6O4S2. The topological polar surface area (TPSA) is 127 Å². The number of hydrogen-bond acceptors (Lipinski definition) is 11. The van der Waals surface area contributed by atoms with E-state index in [0.29, 0.717) is 28.4 Å². The Hall–Kier alpha value is -2.87. The smallest absolute Gasteiger partial charge is 0.172 e. The molecule has 0 aliphatic carbocycles. The highest BCUT2D eigenvalue weighted by Gasteiger charge is 2.37. The van der Waals surface area contributed by atoms with E-state index in [1.54, 1.807) is 25.9 Å². The van der Waals surface area contributed by atoms with E-state index in [-0.39, 0.29) is 14.0 Å². The molecule has 10 nitrogen and oxygen atoms in total. The number of anilines is 1. The molecule has 3 N–H and O–H groups in total. The fourth-order valence-electron chi connectivity index (χ4n) is 5.51. The van der Waals surface area contributed by atoms with Gasteiger partial charge in [0, 0.05) is 46.0 Å². The maximum absolute atomic E-state index is 10.4. The van der Waals surface area contributed by atoms with E-state index in [2.05, 4.69) is 27.4 Å². The molecule has 2 aromatic carbocycles. The summed E-state index contributed by atoms with van der Waals surface area (Å²) in [5.41, 5.74) is 3.11. The van der Waals surface area contributed by atoms with Crippen LogP contribution in [0.15, 0.2) is 52.8 Å². The fourth-order valence-corrected chi connectivity index (χ4v) is 7.91. The van der Waals surface area contributed by atoms with Crippen molar-refractivity contribution < 1.29 is 19.7 Å². The summed E-state index contributed by atoms with van der Waals surface area (Å²) in [6.07, 6.45) is 4.40. The van der Waals surface area contributed by atoms with Gasteiger partial charge in [0.1, 0.15) is 24.4 Å². The van der Waals surface area contributed by atoms with E-state index < -0.39 is 18.4 Å². The van der Waals surface area contributed by atoms with Gasteiger partial charge < -0.3 is 25.0 Å². The Morgan fingerprint density at radius 3 is 2.38 bits per heavy atom. The number of rotatable bonds is 13. The number of nitrogens with zero attached hydrogens (tertiary/aromatic N) is 5. The minimum Gasteiger partial charge on any atom is -0.497 e. The van der Waals surface area contributed by atoms with Gasteiger partial charge in [-0.2, -0.15) is 0 Å². The van der Waals surface area contributed by atoms with Crippen LogP contribution in [0.1, 0.15) is 59.6 Å². The van der Waals surface area contributed by atoms with Crippen molar-refractivity contribution in [2.24, 2.45) is 0 Å². The molecule has 4 heterocycles. The zero-order valence-corrected chi connectivity index (χ0v) is 29.0. The van der Waals surface area contributed by atoms with Crippen LogP contribution in [0, 0.1) is 0 Å². The lowest BCUT2D eigenvalue weighted by molar-refractivity contribution is -0.0457. The van der Waals surface area contributed by atoms with Crippen LogP contribution in [0.5, 0.6) is 5.75 Å². The predicted octanol–water partition coefficient (Wildman–Crippen LogP) is 7.98. The largest absolute Gasteiger partial charge is 0.497 e. The second kappa shape index (κ2) is 17.5. The quantitative estimate of drug-likeness (QED) is 0.0628. The Morgan fingerprint density at radius 1 is 1.00 bits per heavy atom. The van der Waals surface area contributed by atoms with Gasteiger partial charge >= 0.3 is 0 Å². The number of imidazole rings is 1. The normalized spacial score (nSPS) is 17.5. The molecule has 1 saturated heterocycles. The number of thioether (sulfide) groups is 2. The van der Waals surface area contributed by atoms with E-state index >= 15 is 0 Å². The summed E-state index contributed by atoms with van der Waals surface area (Å²) in [5, 5.41) is 26.7. The Balaban J connectivity index is 0.00000164. The number of aliphatic hydroxyl groups excluding tert-OH is 2. The van der Waals surface area contributed by atoms with Gasteiger partial charge in [0.25, 0.3) is 0 Å². The number of hydrogen-bond donors (Lipinski definition) is 3. The Kier molecular flexibility index (Phi) is 13.8. The molecule has 5 aromatic rings. The molecule has 254 valence electrons. The van der Waals surface area contributed by atoms with Crippen molar-refractivity contribution in [1.29, 1.82) is 0 Å². The highest BCUT2D eigenvalue weighted by molar-refractivity contribution is 7.99. The molecule has 13 heteroatoms. The van der Waals surface area contributed by atoms with Crippen molar-refractivity contribution in [3.63, 3.8) is 0 Å². The first-order valence-corrected chi connectivity index (χ1v) is 18.0. The Labute approximate surface area is 290 Å². The molecule has 1 aliphatic rings. The average molecular weight is 701 g/mol. The number of methoxy groups -OCH3 is 1. The lowest BCUT2D eigenvalue weighted by Crippen LogP contribution is -2.24. The minimum absolute atomic E-state index is 0. The summed E-state index contributed by atoms with van der Waals surface area (Å²) in [5.74, 6) is 3.32. The van der Waals surface area contributed by atoms with Crippen LogP contribution in [-0.4, -0.2) is 79.2 Å². The monoisotopic (exact) mass is 700 g/mol. The first kappa shape index (κ1) is 37.0. The molecule has 3 unspecified atom stereocenters. The van der Waals surface area contributed by atoms with Crippen molar-refractivity contribution in [3.05, 3.63) is 47.7 Å². The van der Waals surface area contributed by atoms with E-state index in [0.717, 1.165) is 69.9 Å². The molecule has 0 bridgehead atoms. The molecular weight excluding hydrogens is 656 g/mol. The molecule has 3 aromatic heterocycles. The molecule has 0 amide bonds. The number of aromatic nitrogens is 5. The molecule has 47 heavy (non-hydrogen) atoms. The summed E-state index contributed by atoms with van der Waals surface area (Å²) >= 11 is 9.81. The van der Waals surface area contributed by atoms with Crippen LogP contribution < -0.4 is 10.1 Å². The van der Waals surface area contributed by atoms with E-state index in [1.807, 2.05) is 54.4 Å². The van der Waals surface area contributed by atoms with Crippen LogP contribution in [0.2, 0.25) is 5.02 Å². The highest BCUT2D eigenvalue weighted by Crippen LogP contribution is 2.38. The number of ether oxygens (including phenoxy) is 2. The van der Waals surface area contributed by atoms with E-state index in [4.69, 9.17) is 31.0 Å². The highest BCUT2D eigenvalue weighted by atomic mass is 35.5. The number of unbranched alkanes of at least 4 members (excludes halogenated alkanes) is 3. The lowest BCUT2D eigenvalue weighted by Gasteiger charge is -2.16. The number of pyridine rings is 1. The van der Waals surface area contributed by atoms with Gasteiger partial charge in [-0.15, -0.1) is 11.8 Å². The third-order valence-electron chi connectivity index (χ3n) is 7.76. The van der Waals surface area contributed by atoms with Gasteiger partial charge in [-0.1, -0.05) is 63.5 Å². The van der Waals surface area contributed by atoms with Crippen molar-refractivity contribution in [3.8, 4) is 5.75 Å². The van der Waals surface area contributed by atoms with Crippen LogP contribution in [-0.2, 0) is 4.74 Å². The second-order valence-corrected chi connectivity index (χ2v) is 13.2. The second-order valence-electron chi connectivity index (χ2n) is 10.6. The van der Waals surface area contributed by atoms with Crippen LogP contribution >= 0.6 is 35.1 Å². The molecule has 0 spiro atoms. The third-order valence-corrected chi connectivity index (χ3v) is 10.3. The summed E-state index contributed by atoms with van der Waals surface area (Å²) in [6, 6.07) is 12.0. The van der Waals surface area contributed by atoms with Crippen LogP contribution in [0.4, 0.5) is 5.82 Å². The predicted molar refractivity (Wildman–Crippen MR) is 195 cm³/mol. The first-order valence-electron chi connectivity index (χ1n) is 15.7. The molecule has 3 atom stereocenters. The van der Waals surface area contributed by atoms with E-state index in [9.17, 15) is 10.2 Å². The first-order chi connectivity index (χ1) is 22.5. The van der Waals surface area contributed by atoms with Gasteiger partial charge in [0.15, 0.2) is 22.1 Å². The fraction of sp³-hybridized carbons (Fsp3) is 0.471. The van der Waals surface area contributed by atoms with E-state index in [1.165, 1.54) is 11.2 Å². The van der Waals surface area contributed by atoms with Crippen LogP contribution in [0.25, 0.3) is 33.0 Å². The summed E-state index contributed by atoms with van der Waals surface area (Å²) < 4.78 is 13.3. The minimum atomic E-state index is -0.743. The van der Waals surface area contributed by atoms with Gasteiger partial charge in [-0.3, -0.25) is 4.57 Å². The SMILES string of the molecule is C.CC.CNc1ncnc2c1nc(SCCCCCCSc1c3ccc(Cl)cc3nc3cc(OC)ccc13)n2C1CC(O)C(CO)O1. The number of halogens is 1. The van der Waals surface area contributed by atoms with Crippen molar-refractivity contribution >= 4 is 73.9 Å². The van der Waals surface area contributed by atoms with Crippen molar-refractivity contribution in [2.75, 3.05) is 37.6 Å². The standard InChI is InChI=1S/C31H35ClN6O4S2.C2H6.CH4/c1-33-29-27-30(35-17-34-29)38(26-15-24(40)25(16-39)42-26)31(37-27)44-12-6-4-3-5-11-43-28-20-9-7-18(32)13-22(20)36-23-14-19(41-2)8-10-21(23)28;1-2;/h7-10,13-14,17,24-26,39-40H,3-6,11-12,15-16H2,1-2H3,(H,33,34,35);1-2H3;1H4. The lowest BCUT2D eigenvalue weighted by atomic mass is 10.1. The van der Waals surface area contributed by atoms with Crippen molar-refractivity contribution in [2.45, 2.75) is 81.9 Å². The summed E-state index contributed by atoms with van der Waals surface area (Å²) in [7, 11) is 3.47. The zero-order valence-electron chi connectivity index (χ0n) is 26.6. The maximum Gasteiger partial charge on any atom is 0.172 e. The van der Waals surface area contributed by atoms with Gasteiger partial charge in [0.05, 0.1) is 30.9 Å². The molecule has 1 aliphatic heterocycles. The van der Waals surface area contributed by atoms with Gasteiger partial charge in [-0.25, -0.2) is 19.9 Å². The summed E-state index contributed by atoms with van der Waals surface area (Å²) in [6.45, 7) is 3.76. The number of nitrogens with one attached hydrogen (secondary N) is 1. The Morgan fingerprint density at radius 2 is 1.70 bits per heavy atom. The molecule has 1 fully saturated rings.